The monoisotopic (exact) mass is 259 g/mol. The first-order valence-electron chi connectivity index (χ1n) is 5.72. The fourth-order valence-electron chi connectivity index (χ4n) is 1.58. The zero-order valence-corrected chi connectivity index (χ0v) is 11.3. The number of rotatable bonds is 6. The van der Waals surface area contributed by atoms with Crippen LogP contribution < -0.4 is 0 Å². The largest absolute Gasteiger partial charge is 0.484 e. The standard InChI is InChI=1S/C11H19N2O3S/c1-4-13(5-2,6-3)16-17(14,15)11-8-7-9-12-10-11/h7-10H,4-6H2,1-3H3/q+2. The molecule has 0 N–H and O–H groups in total. The first-order valence-corrected chi connectivity index (χ1v) is 7.13. The molecule has 1 atom stereocenters. The van der Waals surface area contributed by atoms with Gasteiger partial charge in [0, 0.05) is 12.3 Å². The van der Waals surface area contributed by atoms with Gasteiger partial charge in [-0.15, -0.1) is 4.65 Å². The zero-order chi connectivity index (χ0) is 12.9. The van der Waals surface area contributed by atoms with Crippen molar-refractivity contribution >= 4 is 10.5 Å². The second-order valence-corrected chi connectivity index (χ2v) is 5.25. The third-order valence-electron chi connectivity index (χ3n) is 2.91. The molecule has 1 aromatic heterocycles. The molecule has 0 bridgehead atoms. The van der Waals surface area contributed by atoms with Gasteiger partial charge in [-0.3, -0.25) is 4.98 Å². The van der Waals surface area contributed by atoms with Crippen LogP contribution in [0.25, 0.3) is 0 Å². The lowest BCUT2D eigenvalue weighted by Crippen LogP contribution is -2.49. The summed E-state index contributed by atoms with van der Waals surface area (Å²) in [4.78, 5) is 3.89. The topological polar surface area (TPSA) is 59.1 Å². The summed E-state index contributed by atoms with van der Waals surface area (Å²) < 4.78 is 29.5. The van der Waals surface area contributed by atoms with Gasteiger partial charge in [-0.05, 0) is 31.0 Å². The average Bonchev–Trinajstić information content (AvgIpc) is 2.37. The van der Waals surface area contributed by atoms with Crippen molar-refractivity contribution in [2.75, 3.05) is 19.6 Å². The van der Waals surface area contributed by atoms with E-state index in [1.807, 2.05) is 20.8 Å². The van der Waals surface area contributed by atoms with E-state index in [4.69, 9.17) is 4.28 Å². The Bertz CT molecular complexity index is 385. The molecule has 1 rings (SSSR count). The van der Waals surface area contributed by atoms with Crippen LogP contribution in [-0.4, -0.2) is 29.3 Å². The van der Waals surface area contributed by atoms with Crippen molar-refractivity contribution in [3.05, 3.63) is 24.5 Å². The van der Waals surface area contributed by atoms with Crippen molar-refractivity contribution in [1.82, 2.24) is 4.98 Å². The Morgan fingerprint density at radius 2 is 1.88 bits per heavy atom. The molecular weight excluding hydrogens is 240 g/mol. The summed E-state index contributed by atoms with van der Waals surface area (Å²) >= 11 is 0. The fraction of sp³-hybridized carbons (Fsp3) is 0.545. The van der Waals surface area contributed by atoms with Gasteiger partial charge in [0.25, 0.3) is 4.90 Å². The molecule has 0 saturated carbocycles. The highest BCUT2D eigenvalue weighted by Crippen LogP contribution is 2.23. The zero-order valence-electron chi connectivity index (χ0n) is 10.5. The molecule has 17 heavy (non-hydrogen) atoms. The Labute approximate surface area is 103 Å². The molecule has 95 valence electrons. The van der Waals surface area contributed by atoms with Crippen LogP contribution in [0.15, 0.2) is 29.4 Å². The molecule has 0 aromatic carbocycles. The van der Waals surface area contributed by atoms with E-state index < -0.39 is 10.5 Å². The number of aromatic nitrogens is 1. The molecule has 0 saturated heterocycles. The summed E-state index contributed by atoms with van der Waals surface area (Å²) in [6, 6.07) is 3.06. The fourth-order valence-corrected chi connectivity index (χ4v) is 2.83. The Hall–Kier alpha value is -0.820. The highest BCUT2D eigenvalue weighted by Gasteiger charge is 2.46. The lowest BCUT2D eigenvalue weighted by Gasteiger charge is -2.27. The van der Waals surface area contributed by atoms with Crippen LogP contribution in [0.3, 0.4) is 0 Å². The van der Waals surface area contributed by atoms with Crippen LogP contribution in [0, 0.1) is 0 Å². The van der Waals surface area contributed by atoms with Crippen LogP contribution in [0.1, 0.15) is 20.8 Å². The van der Waals surface area contributed by atoms with E-state index in [-0.39, 0.29) is 9.54 Å². The van der Waals surface area contributed by atoms with Crippen LogP contribution in [0.4, 0.5) is 0 Å². The van der Waals surface area contributed by atoms with Gasteiger partial charge in [-0.25, -0.2) is 0 Å². The molecule has 1 heterocycles. The Kier molecular flexibility index (Phi) is 4.76. The van der Waals surface area contributed by atoms with Gasteiger partial charge < -0.3 is 0 Å². The third-order valence-corrected chi connectivity index (χ3v) is 4.24. The number of nitrogens with zero attached hydrogens (tertiary/aromatic N) is 2. The summed E-state index contributed by atoms with van der Waals surface area (Å²) in [5.74, 6) is 0. The van der Waals surface area contributed by atoms with Gasteiger partial charge in [-0.2, -0.15) is 0 Å². The van der Waals surface area contributed by atoms with Crippen molar-refractivity contribution in [1.29, 1.82) is 0 Å². The van der Waals surface area contributed by atoms with E-state index in [0.717, 1.165) is 0 Å². The Balaban J connectivity index is 2.97. The van der Waals surface area contributed by atoms with E-state index in [0.29, 0.717) is 19.6 Å². The Morgan fingerprint density at radius 3 is 2.29 bits per heavy atom. The van der Waals surface area contributed by atoms with Crippen molar-refractivity contribution in [3.63, 3.8) is 0 Å². The quantitative estimate of drug-likeness (QED) is 0.446. The van der Waals surface area contributed by atoms with Crippen LogP contribution in [0.2, 0.25) is 0 Å². The SMILES string of the molecule is CC[N+](CC)(CC)O[S+]([O])(=O)c1cccnc1. The average molecular weight is 259 g/mol. The maximum Gasteiger partial charge on any atom is 0.484 e. The molecule has 5 nitrogen and oxygen atoms in total. The van der Waals surface area contributed by atoms with Gasteiger partial charge in [0.05, 0.1) is 15.0 Å². The molecule has 0 aliphatic carbocycles. The van der Waals surface area contributed by atoms with E-state index in [1.54, 1.807) is 6.07 Å². The van der Waals surface area contributed by atoms with Gasteiger partial charge in [0.15, 0.2) is 0 Å². The van der Waals surface area contributed by atoms with Gasteiger partial charge in [0.1, 0.15) is 19.6 Å². The number of hydrogen-bond donors (Lipinski definition) is 0. The first kappa shape index (κ1) is 14.2. The Morgan fingerprint density at radius 1 is 1.29 bits per heavy atom. The van der Waals surface area contributed by atoms with E-state index in [9.17, 15) is 8.76 Å². The van der Waals surface area contributed by atoms with E-state index in [1.165, 1.54) is 18.5 Å². The van der Waals surface area contributed by atoms with Gasteiger partial charge >= 0.3 is 10.5 Å². The lowest BCUT2D eigenvalue weighted by atomic mass is 10.5. The normalized spacial score (nSPS) is 15.5. The first-order chi connectivity index (χ1) is 7.99. The summed E-state index contributed by atoms with van der Waals surface area (Å²) in [6.07, 6.45) is 2.82. The van der Waals surface area contributed by atoms with Crippen molar-refractivity contribution in [2.45, 2.75) is 25.7 Å². The van der Waals surface area contributed by atoms with Crippen LogP contribution >= 0.6 is 0 Å². The maximum atomic E-state index is 12.0. The molecule has 0 fully saturated rings. The molecule has 1 aromatic rings. The van der Waals surface area contributed by atoms with Crippen LogP contribution in [-0.2, 0) is 23.5 Å². The molecule has 6 heteroatoms. The molecule has 0 amide bonds. The number of hydrogen-bond acceptors (Lipinski definition) is 3. The summed E-state index contributed by atoms with van der Waals surface area (Å²) in [5.41, 5.74) is 0. The molecular formula is C11H19N2O3S+2. The number of pyridine rings is 1. The molecule has 0 spiro atoms. The second-order valence-electron chi connectivity index (χ2n) is 3.72. The minimum atomic E-state index is -3.74. The minimum absolute atomic E-state index is 0.0945. The maximum absolute atomic E-state index is 12.0. The van der Waals surface area contributed by atoms with Gasteiger partial charge in [0.2, 0.25) is 0 Å². The number of hydroxylamine groups is 3. The van der Waals surface area contributed by atoms with Crippen LogP contribution in [0.5, 0.6) is 0 Å². The van der Waals surface area contributed by atoms with E-state index >= 15 is 0 Å². The van der Waals surface area contributed by atoms with Crippen molar-refractivity contribution < 1.29 is 17.7 Å². The molecule has 0 aliphatic heterocycles. The summed E-state index contributed by atoms with van der Waals surface area (Å²) in [6.45, 7) is 7.54. The highest BCUT2D eigenvalue weighted by molar-refractivity contribution is 7.92. The second kappa shape index (κ2) is 5.68. The van der Waals surface area contributed by atoms with Gasteiger partial charge in [-0.1, -0.05) is 0 Å². The third kappa shape index (κ3) is 3.32. The minimum Gasteiger partial charge on any atom is -0.259 e. The number of quaternary nitrogens is 1. The summed E-state index contributed by atoms with van der Waals surface area (Å²) in [5, 5.41) is 0. The molecule has 1 unspecified atom stereocenters. The van der Waals surface area contributed by atoms with E-state index in [2.05, 4.69) is 4.98 Å². The van der Waals surface area contributed by atoms with Crippen molar-refractivity contribution in [3.8, 4) is 0 Å². The predicted molar refractivity (Wildman–Crippen MR) is 64.2 cm³/mol. The molecule has 1 radical (unpaired) electrons. The smallest absolute Gasteiger partial charge is 0.259 e. The lowest BCUT2D eigenvalue weighted by molar-refractivity contribution is -1.08. The predicted octanol–water partition coefficient (Wildman–Crippen LogP) is 2.01. The molecule has 0 aliphatic rings. The highest BCUT2D eigenvalue weighted by atomic mass is 32.3. The van der Waals surface area contributed by atoms with Crippen molar-refractivity contribution in [2.24, 2.45) is 0 Å². The summed E-state index contributed by atoms with van der Waals surface area (Å²) in [7, 11) is -3.74.